The van der Waals surface area contributed by atoms with Crippen molar-refractivity contribution >= 4 is 11.6 Å². The van der Waals surface area contributed by atoms with E-state index in [1.807, 2.05) is 24.0 Å². The lowest BCUT2D eigenvalue weighted by atomic mass is 10.2. The second-order valence-corrected chi connectivity index (χ2v) is 4.84. The van der Waals surface area contributed by atoms with Gasteiger partial charge in [0, 0.05) is 31.9 Å². The Balaban J connectivity index is 1.92. The largest absolute Gasteiger partial charge is 0.508 e. The zero-order valence-electron chi connectivity index (χ0n) is 11.2. The summed E-state index contributed by atoms with van der Waals surface area (Å²) in [6.07, 6.45) is 0.678. The molecular weight excluding hydrogens is 242 g/mol. The van der Waals surface area contributed by atoms with Crippen LogP contribution in [0.4, 0.5) is 5.69 Å². The topological polar surface area (TPSA) is 69.8 Å². The fourth-order valence-electron chi connectivity index (χ4n) is 2.26. The van der Waals surface area contributed by atoms with Gasteiger partial charge in [-0.1, -0.05) is 6.92 Å². The number of phenols is 1. The summed E-state index contributed by atoms with van der Waals surface area (Å²) >= 11 is 0. The van der Waals surface area contributed by atoms with Crippen LogP contribution in [0.1, 0.15) is 13.3 Å². The lowest BCUT2D eigenvalue weighted by Gasteiger charge is -2.37. The zero-order valence-corrected chi connectivity index (χ0v) is 11.2. The van der Waals surface area contributed by atoms with Crippen LogP contribution in [0.5, 0.6) is 5.75 Å². The summed E-state index contributed by atoms with van der Waals surface area (Å²) in [7, 11) is 0. The highest BCUT2D eigenvalue weighted by Gasteiger charge is 2.24. The minimum Gasteiger partial charge on any atom is -0.508 e. The third-order valence-corrected chi connectivity index (χ3v) is 3.56. The molecule has 1 saturated heterocycles. The molecule has 5 heteroatoms. The van der Waals surface area contributed by atoms with E-state index in [1.165, 1.54) is 0 Å². The SMILES string of the molecule is CC[C@H](N)C(=O)N1CCN(c2ccc(O)cc2)CC1. The number of nitrogens with zero attached hydrogens (tertiary/aromatic N) is 2. The third-order valence-electron chi connectivity index (χ3n) is 3.56. The van der Waals surface area contributed by atoms with Gasteiger partial charge in [0.15, 0.2) is 0 Å². The van der Waals surface area contributed by atoms with Gasteiger partial charge < -0.3 is 20.6 Å². The number of benzene rings is 1. The molecule has 0 bridgehead atoms. The van der Waals surface area contributed by atoms with Crippen LogP contribution in [-0.4, -0.2) is 48.1 Å². The molecule has 5 nitrogen and oxygen atoms in total. The maximum absolute atomic E-state index is 12.0. The van der Waals surface area contributed by atoms with Crippen LogP contribution >= 0.6 is 0 Å². The van der Waals surface area contributed by atoms with Gasteiger partial charge >= 0.3 is 0 Å². The van der Waals surface area contributed by atoms with Crippen LogP contribution in [0, 0.1) is 0 Å². The number of rotatable bonds is 3. The van der Waals surface area contributed by atoms with Gasteiger partial charge in [0.25, 0.3) is 0 Å². The van der Waals surface area contributed by atoms with E-state index >= 15 is 0 Å². The number of nitrogens with two attached hydrogens (primary N) is 1. The van der Waals surface area contributed by atoms with E-state index in [0.29, 0.717) is 19.5 Å². The Morgan fingerprint density at radius 3 is 2.37 bits per heavy atom. The molecule has 0 saturated carbocycles. The Kier molecular flexibility index (Phi) is 4.27. The highest BCUT2D eigenvalue weighted by atomic mass is 16.3. The first kappa shape index (κ1) is 13.7. The number of aromatic hydroxyl groups is 1. The van der Waals surface area contributed by atoms with E-state index in [-0.39, 0.29) is 17.7 Å². The quantitative estimate of drug-likeness (QED) is 0.845. The molecule has 2 rings (SSSR count). The molecular formula is C14H21N3O2. The van der Waals surface area contributed by atoms with Crippen LogP contribution in [-0.2, 0) is 4.79 Å². The Morgan fingerprint density at radius 1 is 1.26 bits per heavy atom. The number of anilines is 1. The Hall–Kier alpha value is -1.75. The summed E-state index contributed by atoms with van der Waals surface area (Å²) < 4.78 is 0. The van der Waals surface area contributed by atoms with Crippen molar-refractivity contribution in [3.05, 3.63) is 24.3 Å². The van der Waals surface area contributed by atoms with Gasteiger partial charge in [-0.25, -0.2) is 0 Å². The first-order chi connectivity index (χ1) is 9.11. The minimum atomic E-state index is -0.375. The molecule has 1 aliphatic rings. The van der Waals surface area contributed by atoms with Gasteiger partial charge in [-0.15, -0.1) is 0 Å². The maximum Gasteiger partial charge on any atom is 0.239 e. The first-order valence-corrected chi connectivity index (χ1v) is 6.70. The summed E-state index contributed by atoms with van der Waals surface area (Å²) in [6.45, 7) is 4.93. The van der Waals surface area contributed by atoms with Crippen LogP contribution in [0.2, 0.25) is 0 Å². The minimum absolute atomic E-state index is 0.0489. The van der Waals surface area contributed by atoms with Crippen molar-refractivity contribution < 1.29 is 9.90 Å². The zero-order chi connectivity index (χ0) is 13.8. The fraction of sp³-hybridized carbons (Fsp3) is 0.500. The molecule has 3 N–H and O–H groups in total. The molecule has 1 heterocycles. The van der Waals surface area contributed by atoms with Crippen LogP contribution < -0.4 is 10.6 Å². The molecule has 19 heavy (non-hydrogen) atoms. The van der Waals surface area contributed by atoms with Gasteiger partial charge in [0.1, 0.15) is 5.75 Å². The third kappa shape index (κ3) is 3.17. The van der Waals surface area contributed by atoms with Crippen molar-refractivity contribution in [1.82, 2.24) is 4.90 Å². The predicted molar refractivity (Wildman–Crippen MR) is 75.2 cm³/mol. The summed E-state index contributed by atoms with van der Waals surface area (Å²) in [6, 6.07) is 6.77. The van der Waals surface area contributed by atoms with Crippen LogP contribution in [0.15, 0.2) is 24.3 Å². The number of carbonyl (C=O) groups is 1. The highest BCUT2D eigenvalue weighted by Crippen LogP contribution is 2.19. The van der Waals surface area contributed by atoms with Gasteiger partial charge in [-0.2, -0.15) is 0 Å². The number of phenolic OH excluding ortho intramolecular Hbond substituents is 1. The second kappa shape index (κ2) is 5.93. The molecule has 1 atom stereocenters. The molecule has 1 aromatic carbocycles. The summed E-state index contributed by atoms with van der Waals surface area (Å²) in [5, 5.41) is 9.27. The van der Waals surface area contributed by atoms with Crippen LogP contribution in [0.3, 0.4) is 0 Å². The molecule has 0 radical (unpaired) electrons. The van der Waals surface area contributed by atoms with Gasteiger partial charge in [0.2, 0.25) is 5.91 Å². The number of hydrogen-bond acceptors (Lipinski definition) is 4. The van der Waals surface area contributed by atoms with Crippen molar-refractivity contribution in [3.63, 3.8) is 0 Å². The van der Waals surface area contributed by atoms with E-state index in [9.17, 15) is 9.90 Å². The monoisotopic (exact) mass is 263 g/mol. The molecule has 0 unspecified atom stereocenters. The summed E-state index contributed by atoms with van der Waals surface area (Å²) in [5.74, 6) is 0.319. The second-order valence-electron chi connectivity index (χ2n) is 4.84. The molecule has 1 amide bonds. The average Bonchev–Trinajstić information content (AvgIpc) is 2.46. The number of amides is 1. The van der Waals surface area contributed by atoms with Crippen molar-refractivity contribution in [3.8, 4) is 5.75 Å². The summed E-state index contributed by atoms with van der Waals surface area (Å²) in [5.41, 5.74) is 6.85. The Labute approximate surface area is 113 Å². The predicted octanol–water partition coefficient (Wildman–Crippen LogP) is 0.778. The van der Waals surface area contributed by atoms with Crippen molar-refractivity contribution in [2.24, 2.45) is 5.73 Å². The molecule has 1 aliphatic heterocycles. The average molecular weight is 263 g/mol. The van der Waals surface area contributed by atoms with Crippen molar-refractivity contribution in [2.75, 3.05) is 31.1 Å². The van der Waals surface area contributed by atoms with Gasteiger partial charge in [-0.3, -0.25) is 4.79 Å². The molecule has 1 fully saturated rings. The van der Waals surface area contributed by atoms with Crippen LogP contribution in [0.25, 0.3) is 0 Å². The Morgan fingerprint density at radius 2 is 1.84 bits per heavy atom. The van der Waals surface area contributed by atoms with E-state index in [0.717, 1.165) is 18.8 Å². The molecule has 0 aromatic heterocycles. The maximum atomic E-state index is 12.0. The Bertz CT molecular complexity index is 425. The molecule has 1 aromatic rings. The first-order valence-electron chi connectivity index (χ1n) is 6.70. The molecule has 104 valence electrons. The normalized spacial score (nSPS) is 17.4. The number of hydrogen-bond donors (Lipinski definition) is 2. The van der Waals surface area contributed by atoms with Crippen molar-refractivity contribution in [1.29, 1.82) is 0 Å². The van der Waals surface area contributed by atoms with E-state index in [4.69, 9.17) is 5.73 Å². The van der Waals surface area contributed by atoms with Gasteiger partial charge in [-0.05, 0) is 30.7 Å². The van der Waals surface area contributed by atoms with Gasteiger partial charge in [0.05, 0.1) is 6.04 Å². The van der Waals surface area contributed by atoms with E-state index in [1.54, 1.807) is 12.1 Å². The smallest absolute Gasteiger partial charge is 0.239 e. The molecule has 0 aliphatic carbocycles. The lowest BCUT2D eigenvalue weighted by molar-refractivity contribution is -0.132. The number of piperazine rings is 1. The van der Waals surface area contributed by atoms with Crippen molar-refractivity contribution in [2.45, 2.75) is 19.4 Å². The molecule has 0 spiro atoms. The van der Waals surface area contributed by atoms with E-state index in [2.05, 4.69) is 4.90 Å². The van der Waals surface area contributed by atoms with E-state index < -0.39 is 0 Å². The number of carbonyl (C=O) groups excluding carboxylic acids is 1. The highest BCUT2D eigenvalue weighted by molar-refractivity contribution is 5.81. The standard InChI is InChI=1S/C14H21N3O2/c1-2-13(15)14(19)17-9-7-16(8-10-17)11-3-5-12(18)6-4-11/h3-6,13,18H,2,7-10,15H2,1H3/t13-/m0/s1. The fourth-order valence-corrected chi connectivity index (χ4v) is 2.26. The summed E-state index contributed by atoms with van der Waals surface area (Å²) in [4.78, 5) is 16.0. The lowest BCUT2D eigenvalue weighted by Crippen LogP contribution is -2.53.